The molecule has 0 saturated carbocycles. The molecule has 1 heterocycles. The van der Waals surface area contributed by atoms with Crippen molar-refractivity contribution in [1.29, 1.82) is 0 Å². The van der Waals surface area contributed by atoms with Crippen LogP contribution in [0.4, 0.5) is 5.82 Å². The van der Waals surface area contributed by atoms with Crippen molar-refractivity contribution in [2.75, 3.05) is 5.73 Å². The van der Waals surface area contributed by atoms with Crippen molar-refractivity contribution in [2.45, 2.75) is 6.92 Å². The first kappa shape index (κ1) is 7.53. The lowest BCUT2D eigenvalue weighted by Crippen LogP contribution is -1.97. The highest BCUT2D eigenvalue weighted by molar-refractivity contribution is 5.98. The second-order valence-corrected chi connectivity index (χ2v) is 2.15. The van der Waals surface area contributed by atoms with Gasteiger partial charge < -0.3 is 10.9 Å². The van der Waals surface area contributed by atoms with Crippen LogP contribution in [-0.4, -0.2) is 15.9 Å². The highest BCUT2D eigenvalue weighted by atomic mass is 16.4. The topological polar surface area (TPSA) is 71.5 Å². The molecule has 0 atom stereocenters. The molecule has 0 unspecified atom stereocenters. The molecule has 0 bridgehead atoms. The van der Waals surface area contributed by atoms with Crippen LogP contribution in [0, 0.1) is 0 Å². The second kappa shape index (κ2) is 3.01. The van der Waals surface area contributed by atoms with Gasteiger partial charge >= 0.3 is 0 Å². The maximum absolute atomic E-state index is 8.41. The molecule has 1 aromatic rings. The summed E-state index contributed by atoms with van der Waals surface area (Å²) in [6.07, 6.45) is 1.57. The van der Waals surface area contributed by atoms with Crippen molar-refractivity contribution in [3.05, 3.63) is 23.9 Å². The minimum absolute atomic E-state index is 0.422. The van der Waals surface area contributed by atoms with Crippen LogP contribution in [0.5, 0.6) is 0 Å². The predicted octanol–water partition coefficient (Wildman–Crippen LogP) is 0.862. The summed E-state index contributed by atoms with van der Waals surface area (Å²) in [5, 5.41) is 11.4. The predicted molar refractivity (Wildman–Crippen MR) is 42.6 cm³/mol. The van der Waals surface area contributed by atoms with Gasteiger partial charge in [-0.3, -0.25) is 0 Å². The summed E-state index contributed by atoms with van der Waals surface area (Å²) in [6, 6.07) is 3.38. The van der Waals surface area contributed by atoms with Crippen molar-refractivity contribution in [1.82, 2.24) is 4.98 Å². The Labute approximate surface area is 64.4 Å². The van der Waals surface area contributed by atoms with E-state index in [0.29, 0.717) is 11.5 Å². The Bertz CT molecular complexity index is 283. The van der Waals surface area contributed by atoms with Crippen LogP contribution < -0.4 is 5.73 Å². The van der Waals surface area contributed by atoms with Crippen LogP contribution >= 0.6 is 0 Å². The number of aromatic nitrogens is 1. The number of nitrogens with two attached hydrogens (primary N) is 1. The van der Waals surface area contributed by atoms with E-state index in [4.69, 9.17) is 10.9 Å². The fraction of sp³-hybridized carbons (Fsp3) is 0.143. The van der Waals surface area contributed by atoms with E-state index in [1.54, 1.807) is 25.3 Å². The number of hydrogen-bond donors (Lipinski definition) is 2. The summed E-state index contributed by atoms with van der Waals surface area (Å²) in [6.45, 7) is 1.69. The van der Waals surface area contributed by atoms with Gasteiger partial charge in [0, 0.05) is 11.8 Å². The summed E-state index contributed by atoms with van der Waals surface area (Å²) in [5.41, 5.74) is 6.71. The molecule has 0 radical (unpaired) electrons. The smallest absolute Gasteiger partial charge is 0.123 e. The zero-order valence-corrected chi connectivity index (χ0v) is 6.15. The molecule has 0 aliphatic heterocycles. The zero-order chi connectivity index (χ0) is 8.27. The minimum atomic E-state index is 0.422. The molecule has 3 N–H and O–H groups in total. The third kappa shape index (κ3) is 1.67. The lowest BCUT2D eigenvalue weighted by atomic mass is 10.2. The SMILES string of the molecule is C/C(=N\O)c1ccnc(N)c1. The van der Waals surface area contributed by atoms with Crippen LogP contribution in [-0.2, 0) is 0 Å². The Kier molecular flexibility index (Phi) is 2.06. The Morgan fingerprint density at radius 1 is 1.73 bits per heavy atom. The molecule has 0 aliphatic rings. The molecule has 58 valence electrons. The standard InChI is InChI=1S/C7H9N3O/c1-5(10-11)6-2-3-9-7(8)4-6/h2-4,11H,1H3,(H2,8,9)/b10-5+. The number of hydrogen-bond acceptors (Lipinski definition) is 4. The molecule has 1 rings (SSSR count). The normalized spacial score (nSPS) is 11.5. The monoisotopic (exact) mass is 151 g/mol. The zero-order valence-electron chi connectivity index (χ0n) is 6.15. The van der Waals surface area contributed by atoms with Gasteiger partial charge in [0.25, 0.3) is 0 Å². The number of rotatable bonds is 1. The Hall–Kier alpha value is -1.58. The van der Waals surface area contributed by atoms with E-state index < -0.39 is 0 Å². The van der Waals surface area contributed by atoms with Crippen molar-refractivity contribution < 1.29 is 5.21 Å². The average molecular weight is 151 g/mol. The molecule has 0 aliphatic carbocycles. The minimum Gasteiger partial charge on any atom is -0.411 e. The highest BCUT2D eigenvalue weighted by Gasteiger charge is 1.96. The molecule has 11 heavy (non-hydrogen) atoms. The van der Waals surface area contributed by atoms with Crippen LogP contribution in [0.1, 0.15) is 12.5 Å². The van der Waals surface area contributed by atoms with Crippen molar-refractivity contribution >= 4 is 11.5 Å². The quantitative estimate of drug-likeness (QED) is 0.355. The fourth-order valence-electron chi connectivity index (χ4n) is 0.731. The third-order valence-electron chi connectivity index (χ3n) is 1.35. The summed E-state index contributed by atoms with van der Waals surface area (Å²) >= 11 is 0. The van der Waals surface area contributed by atoms with E-state index in [2.05, 4.69) is 10.1 Å². The average Bonchev–Trinajstić information content (AvgIpc) is 2.03. The van der Waals surface area contributed by atoms with E-state index >= 15 is 0 Å². The summed E-state index contributed by atoms with van der Waals surface area (Å²) in [7, 11) is 0. The van der Waals surface area contributed by atoms with Crippen molar-refractivity contribution in [3.63, 3.8) is 0 Å². The van der Waals surface area contributed by atoms with Gasteiger partial charge in [0.1, 0.15) is 5.82 Å². The van der Waals surface area contributed by atoms with Crippen molar-refractivity contribution in [3.8, 4) is 0 Å². The Balaban J connectivity index is 3.06. The summed E-state index contributed by atoms with van der Waals surface area (Å²) < 4.78 is 0. The molecule has 1 aromatic heterocycles. The van der Waals surface area contributed by atoms with Gasteiger partial charge in [0.15, 0.2) is 0 Å². The van der Waals surface area contributed by atoms with Crippen LogP contribution in [0.15, 0.2) is 23.5 Å². The molecule has 0 saturated heterocycles. The molecule has 0 amide bonds. The van der Waals surface area contributed by atoms with Gasteiger partial charge in [-0.05, 0) is 19.1 Å². The summed E-state index contributed by atoms with van der Waals surface area (Å²) in [4.78, 5) is 3.80. The van der Waals surface area contributed by atoms with E-state index in [1.165, 1.54) is 0 Å². The van der Waals surface area contributed by atoms with Gasteiger partial charge in [-0.25, -0.2) is 4.98 Å². The molecular weight excluding hydrogens is 142 g/mol. The largest absolute Gasteiger partial charge is 0.411 e. The molecule has 0 fully saturated rings. The lowest BCUT2D eigenvalue weighted by molar-refractivity contribution is 0.319. The van der Waals surface area contributed by atoms with Gasteiger partial charge in [-0.2, -0.15) is 0 Å². The maximum Gasteiger partial charge on any atom is 0.123 e. The van der Waals surface area contributed by atoms with E-state index in [1.807, 2.05) is 0 Å². The van der Waals surface area contributed by atoms with Gasteiger partial charge in [0.2, 0.25) is 0 Å². The van der Waals surface area contributed by atoms with E-state index in [9.17, 15) is 0 Å². The number of pyridine rings is 1. The first-order valence-electron chi connectivity index (χ1n) is 3.14. The Morgan fingerprint density at radius 2 is 2.45 bits per heavy atom. The van der Waals surface area contributed by atoms with Crippen LogP contribution in [0.25, 0.3) is 0 Å². The summed E-state index contributed by atoms with van der Waals surface area (Å²) in [5.74, 6) is 0.422. The van der Waals surface area contributed by atoms with Crippen LogP contribution in [0.3, 0.4) is 0 Å². The highest BCUT2D eigenvalue weighted by Crippen LogP contribution is 2.03. The fourth-order valence-corrected chi connectivity index (χ4v) is 0.731. The van der Waals surface area contributed by atoms with Crippen LogP contribution in [0.2, 0.25) is 0 Å². The molecule has 4 heteroatoms. The molecule has 0 aromatic carbocycles. The third-order valence-corrected chi connectivity index (χ3v) is 1.35. The number of nitrogens with zero attached hydrogens (tertiary/aromatic N) is 2. The number of oxime groups is 1. The first-order valence-corrected chi connectivity index (χ1v) is 3.14. The van der Waals surface area contributed by atoms with Gasteiger partial charge in [-0.1, -0.05) is 5.16 Å². The second-order valence-electron chi connectivity index (χ2n) is 2.15. The van der Waals surface area contributed by atoms with E-state index in [0.717, 1.165) is 5.56 Å². The number of nitrogen functional groups attached to an aromatic ring is 1. The molecule has 4 nitrogen and oxygen atoms in total. The van der Waals surface area contributed by atoms with Gasteiger partial charge in [0.05, 0.1) is 5.71 Å². The van der Waals surface area contributed by atoms with Gasteiger partial charge in [-0.15, -0.1) is 0 Å². The number of anilines is 1. The van der Waals surface area contributed by atoms with E-state index in [-0.39, 0.29) is 0 Å². The molecule has 0 spiro atoms. The lowest BCUT2D eigenvalue weighted by Gasteiger charge is -1.97. The Morgan fingerprint density at radius 3 is 3.00 bits per heavy atom. The first-order chi connectivity index (χ1) is 5.24. The van der Waals surface area contributed by atoms with Crippen molar-refractivity contribution in [2.24, 2.45) is 5.16 Å². The maximum atomic E-state index is 8.41. The molecular formula is C7H9N3O.